The van der Waals surface area contributed by atoms with E-state index in [4.69, 9.17) is 4.74 Å². The van der Waals surface area contributed by atoms with Crippen LogP contribution < -0.4 is 10.6 Å². The first kappa shape index (κ1) is 14.8. The molecule has 2 unspecified atom stereocenters. The molecule has 0 radical (unpaired) electrons. The molecule has 2 N–H and O–H groups in total. The van der Waals surface area contributed by atoms with Crippen molar-refractivity contribution >= 4 is 5.91 Å². The largest absolute Gasteiger partial charge is 0.384 e. The Morgan fingerprint density at radius 3 is 2.84 bits per heavy atom. The van der Waals surface area contributed by atoms with E-state index in [-0.39, 0.29) is 11.3 Å². The highest BCUT2D eigenvalue weighted by molar-refractivity contribution is 5.83. The molecule has 2 atom stereocenters. The third-order valence-corrected chi connectivity index (χ3v) is 4.52. The van der Waals surface area contributed by atoms with Gasteiger partial charge < -0.3 is 15.4 Å². The lowest BCUT2D eigenvalue weighted by molar-refractivity contribution is -0.133. The number of amides is 1. The van der Waals surface area contributed by atoms with E-state index in [1.165, 1.54) is 12.8 Å². The van der Waals surface area contributed by atoms with Gasteiger partial charge in [-0.05, 0) is 39.8 Å². The van der Waals surface area contributed by atoms with Gasteiger partial charge in [-0.15, -0.1) is 0 Å². The number of ether oxygens (including phenoxy) is 1. The molecule has 19 heavy (non-hydrogen) atoms. The Balaban J connectivity index is 1.81. The number of likely N-dealkylation sites (N-methyl/N-ethyl adjacent to an activating group) is 1. The number of nitrogens with one attached hydrogen (secondary N) is 2. The van der Waals surface area contributed by atoms with Crippen LogP contribution in [0.25, 0.3) is 0 Å². The van der Waals surface area contributed by atoms with Gasteiger partial charge in [-0.3, -0.25) is 9.69 Å². The number of hydrogen-bond acceptors (Lipinski definition) is 4. The molecule has 2 fully saturated rings. The van der Waals surface area contributed by atoms with Gasteiger partial charge >= 0.3 is 0 Å². The Kier molecular flexibility index (Phi) is 4.81. The van der Waals surface area contributed by atoms with E-state index >= 15 is 0 Å². The van der Waals surface area contributed by atoms with Crippen LogP contribution in [0, 0.1) is 5.41 Å². The fraction of sp³-hybridized carbons (Fsp3) is 0.929. The predicted molar refractivity (Wildman–Crippen MR) is 75.1 cm³/mol. The normalized spacial score (nSPS) is 28.6. The highest BCUT2D eigenvalue weighted by Gasteiger charge is 2.41. The molecule has 1 saturated heterocycles. The van der Waals surface area contributed by atoms with E-state index in [0.29, 0.717) is 12.6 Å². The number of carbonyl (C=O) groups excluding carboxylic acids is 1. The molecule has 1 aliphatic heterocycles. The number of carbonyl (C=O) groups is 1. The second kappa shape index (κ2) is 6.20. The van der Waals surface area contributed by atoms with Crippen molar-refractivity contribution in [2.24, 2.45) is 5.41 Å². The number of methoxy groups -OCH3 is 1. The predicted octanol–water partition coefficient (Wildman–Crippen LogP) is 0.211. The molecule has 1 amide bonds. The SMILES string of the molecule is COCC1(C(=O)NCC(C)N(C)C2CC2)CCNC1. The number of rotatable bonds is 7. The first-order valence-corrected chi connectivity index (χ1v) is 7.29. The number of hydrogen-bond donors (Lipinski definition) is 2. The zero-order valence-electron chi connectivity index (χ0n) is 12.4. The van der Waals surface area contributed by atoms with Crippen molar-refractivity contribution in [3.05, 3.63) is 0 Å². The molecule has 5 nitrogen and oxygen atoms in total. The summed E-state index contributed by atoms with van der Waals surface area (Å²) >= 11 is 0. The van der Waals surface area contributed by atoms with Crippen LogP contribution in [-0.2, 0) is 9.53 Å². The van der Waals surface area contributed by atoms with Crippen LogP contribution in [0.5, 0.6) is 0 Å². The fourth-order valence-electron chi connectivity index (χ4n) is 2.82. The maximum absolute atomic E-state index is 12.4. The summed E-state index contributed by atoms with van der Waals surface area (Å²) in [5, 5.41) is 6.38. The van der Waals surface area contributed by atoms with Crippen LogP contribution in [0.1, 0.15) is 26.2 Å². The van der Waals surface area contributed by atoms with Crippen molar-refractivity contribution in [1.29, 1.82) is 0 Å². The van der Waals surface area contributed by atoms with E-state index in [1.807, 2.05) is 0 Å². The molecule has 110 valence electrons. The topological polar surface area (TPSA) is 53.6 Å². The van der Waals surface area contributed by atoms with Gasteiger partial charge in [0, 0.05) is 32.3 Å². The Labute approximate surface area is 116 Å². The maximum atomic E-state index is 12.4. The van der Waals surface area contributed by atoms with Crippen LogP contribution >= 0.6 is 0 Å². The van der Waals surface area contributed by atoms with Crippen LogP contribution in [0.2, 0.25) is 0 Å². The third kappa shape index (κ3) is 3.46. The third-order valence-electron chi connectivity index (χ3n) is 4.52. The molecular formula is C14H27N3O2. The van der Waals surface area contributed by atoms with Crippen LogP contribution in [-0.4, -0.2) is 63.3 Å². The average Bonchev–Trinajstić information content (AvgIpc) is 3.15. The maximum Gasteiger partial charge on any atom is 0.229 e. The van der Waals surface area contributed by atoms with Crippen molar-refractivity contribution in [2.75, 3.05) is 40.4 Å². The molecule has 2 rings (SSSR count). The Bertz CT molecular complexity index is 312. The Hall–Kier alpha value is -0.650. The molecule has 0 aromatic carbocycles. The van der Waals surface area contributed by atoms with Crippen LogP contribution in [0.3, 0.4) is 0 Å². The van der Waals surface area contributed by atoms with Gasteiger partial charge in [0.05, 0.1) is 12.0 Å². The zero-order chi connectivity index (χ0) is 13.9. The fourth-order valence-corrected chi connectivity index (χ4v) is 2.82. The minimum Gasteiger partial charge on any atom is -0.384 e. The summed E-state index contributed by atoms with van der Waals surface area (Å²) < 4.78 is 5.24. The van der Waals surface area contributed by atoms with Gasteiger partial charge in [0.1, 0.15) is 0 Å². The van der Waals surface area contributed by atoms with E-state index in [1.54, 1.807) is 7.11 Å². The minimum atomic E-state index is -0.368. The van der Waals surface area contributed by atoms with Gasteiger partial charge in [0.15, 0.2) is 0 Å². The summed E-state index contributed by atoms with van der Waals surface area (Å²) in [6, 6.07) is 1.12. The first-order valence-electron chi connectivity index (χ1n) is 7.29. The monoisotopic (exact) mass is 269 g/mol. The highest BCUT2D eigenvalue weighted by Crippen LogP contribution is 2.28. The summed E-state index contributed by atoms with van der Waals surface area (Å²) in [6.07, 6.45) is 3.46. The quantitative estimate of drug-likeness (QED) is 0.694. The lowest BCUT2D eigenvalue weighted by Gasteiger charge is -2.29. The molecule has 0 aromatic rings. The standard InChI is InChI=1S/C14H27N3O2/c1-11(17(2)12-4-5-12)8-16-13(18)14(10-19-3)6-7-15-9-14/h11-12,15H,4-10H2,1-3H3,(H,16,18). The van der Waals surface area contributed by atoms with E-state index in [2.05, 4.69) is 29.5 Å². The molecular weight excluding hydrogens is 242 g/mol. The van der Waals surface area contributed by atoms with Gasteiger partial charge in [0.25, 0.3) is 0 Å². The van der Waals surface area contributed by atoms with E-state index < -0.39 is 0 Å². The average molecular weight is 269 g/mol. The molecule has 0 spiro atoms. The van der Waals surface area contributed by atoms with Crippen molar-refractivity contribution in [1.82, 2.24) is 15.5 Å². The second-order valence-corrected chi connectivity index (χ2v) is 6.10. The summed E-state index contributed by atoms with van der Waals surface area (Å²) in [6.45, 7) is 5.01. The summed E-state index contributed by atoms with van der Waals surface area (Å²) in [5.41, 5.74) is -0.368. The lowest BCUT2D eigenvalue weighted by atomic mass is 9.87. The summed E-state index contributed by atoms with van der Waals surface area (Å²) in [7, 11) is 3.81. The molecule has 1 saturated carbocycles. The van der Waals surface area contributed by atoms with Gasteiger partial charge in [-0.1, -0.05) is 0 Å². The first-order chi connectivity index (χ1) is 9.09. The lowest BCUT2D eigenvalue weighted by Crippen LogP contribution is -2.49. The summed E-state index contributed by atoms with van der Waals surface area (Å²) in [4.78, 5) is 14.8. The smallest absolute Gasteiger partial charge is 0.229 e. The Morgan fingerprint density at radius 2 is 2.32 bits per heavy atom. The van der Waals surface area contributed by atoms with E-state index in [0.717, 1.165) is 32.1 Å². The van der Waals surface area contributed by atoms with Crippen LogP contribution in [0.15, 0.2) is 0 Å². The highest BCUT2D eigenvalue weighted by atomic mass is 16.5. The van der Waals surface area contributed by atoms with Gasteiger partial charge in [-0.2, -0.15) is 0 Å². The Morgan fingerprint density at radius 1 is 1.58 bits per heavy atom. The molecule has 1 aliphatic carbocycles. The van der Waals surface area contributed by atoms with Gasteiger partial charge in [-0.25, -0.2) is 0 Å². The van der Waals surface area contributed by atoms with Crippen molar-refractivity contribution < 1.29 is 9.53 Å². The molecule has 0 aromatic heterocycles. The van der Waals surface area contributed by atoms with E-state index in [9.17, 15) is 4.79 Å². The molecule has 1 heterocycles. The second-order valence-electron chi connectivity index (χ2n) is 6.10. The van der Waals surface area contributed by atoms with Crippen molar-refractivity contribution in [2.45, 2.75) is 38.3 Å². The zero-order valence-corrected chi connectivity index (χ0v) is 12.4. The molecule has 0 bridgehead atoms. The van der Waals surface area contributed by atoms with Crippen LogP contribution in [0.4, 0.5) is 0 Å². The number of nitrogens with zero attached hydrogens (tertiary/aromatic N) is 1. The summed E-state index contributed by atoms with van der Waals surface area (Å²) in [5.74, 6) is 0.135. The minimum absolute atomic E-state index is 0.135. The van der Waals surface area contributed by atoms with Crippen molar-refractivity contribution in [3.8, 4) is 0 Å². The van der Waals surface area contributed by atoms with Crippen molar-refractivity contribution in [3.63, 3.8) is 0 Å². The molecule has 2 aliphatic rings. The van der Waals surface area contributed by atoms with Gasteiger partial charge in [0.2, 0.25) is 5.91 Å². The molecule has 5 heteroatoms.